The molecule has 21 heavy (non-hydrogen) atoms. The third kappa shape index (κ3) is 2.98. The van der Waals surface area contributed by atoms with Crippen molar-refractivity contribution in [2.45, 2.75) is 6.54 Å². The van der Waals surface area contributed by atoms with Gasteiger partial charge in [-0.05, 0) is 35.9 Å². The van der Waals surface area contributed by atoms with Gasteiger partial charge in [-0.2, -0.15) is 0 Å². The van der Waals surface area contributed by atoms with Gasteiger partial charge in [0.25, 0.3) is 0 Å². The van der Waals surface area contributed by atoms with Crippen LogP contribution >= 0.6 is 11.6 Å². The number of pyridine rings is 1. The van der Waals surface area contributed by atoms with E-state index >= 15 is 0 Å². The van der Waals surface area contributed by atoms with Crippen LogP contribution in [-0.2, 0) is 6.54 Å². The van der Waals surface area contributed by atoms with E-state index in [0.29, 0.717) is 11.6 Å². The zero-order chi connectivity index (χ0) is 14.7. The summed E-state index contributed by atoms with van der Waals surface area (Å²) in [5, 5.41) is 0.640. The van der Waals surface area contributed by atoms with Crippen molar-refractivity contribution in [1.82, 2.24) is 14.2 Å². The topological polar surface area (TPSA) is 51.9 Å². The molecule has 1 aromatic carbocycles. The van der Waals surface area contributed by atoms with Gasteiger partial charge < -0.3 is 5.43 Å². The van der Waals surface area contributed by atoms with Crippen LogP contribution < -0.4 is 11.1 Å². The highest BCUT2D eigenvalue weighted by atomic mass is 35.5. The molecule has 0 saturated carbocycles. The van der Waals surface area contributed by atoms with Gasteiger partial charge in [0.15, 0.2) is 0 Å². The number of nitrogens with one attached hydrogen (secondary N) is 1. The summed E-state index contributed by atoms with van der Waals surface area (Å²) in [6, 6.07) is 10.9. The molecule has 0 aliphatic rings. The smallest absolute Gasteiger partial charge is 0.317 e. The molecule has 2 aromatic heterocycles. The second kappa shape index (κ2) is 5.85. The largest absolute Gasteiger partial charge is 0.351 e. The van der Waals surface area contributed by atoms with Crippen molar-refractivity contribution in [3.63, 3.8) is 0 Å². The van der Waals surface area contributed by atoms with Crippen molar-refractivity contribution in [1.29, 1.82) is 0 Å². The van der Waals surface area contributed by atoms with Gasteiger partial charge in [-0.3, -0.25) is 9.55 Å². The number of nitrogens with zero attached hydrogens (tertiary/aromatic N) is 3. The summed E-state index contributed by atoms with van der Waals surface area (Å²) >= 11 is 5.85. The van der Waals surface area contributed by atoms with E-state index < -0.39 is 0 Å². The number of hydrogen-bond donors (Lipinski definition) is 1. The summed E-state index contributed by atoms with van der Waals surface area (Å²) < 4.78 is 2.99. The molecule has 0 spiro atoms. The van der Waals surface area contributed by atoms with Crippen LogP contribution in [0.1, 0.15) is 5.56 Å². The van der Waals surface area contributed by atoms with Crippen LogP contribution in [0.4, 0.5) is 0 Å². The Kier molecular flexibility index (Phi) is 3.75. The van der Waals surface area contributed by atoms with Crippen LogP contribution in [0.5, 0.6) is 0 Å². The van der Waals surface area contributed by atoms with Gasteiger partial charge in [0.2, 0.25) is 0 Å². The van der Waals surface area contributed by atoms with Crippen LogP contribution in [-0.4, -0.2) is 14.2 Å². The predicted molar refractivity (Wildman–Crippen MR) is 82.3 cm³/mol. The molecule has 0 radical (unpaired) electrons. The average Bonchev–Trinajstić information content (AvgIpc) is 2.88. The standard InChI is InChI=1S/C15H13ClN4O/c16-13-3-5-14(6-4-13)19-8-9-20(15(19)21)18-11-12-2-1-7-17-10-12/h1-10,18H,11H2. The Balaban J connectivity index is 1.79. The molecule has 0 aliphatic carbocycles. The van der Waals surface area contributed by atoms with Crippen LogP contribution in [0.3, 0.4) is 0 Å². The van der Waals surface area contributed by atoms with Crippen LogP contribution in [0.25, 0.3) is 5.69 Å². The Bertz CT molecular complexity index is 777. The maximum atomic E-state index is 12.3. The first-order chi connectivity index (χ1) is 10.2. The molecule has 0 atom stereocenters. The molecule has 0 amide bonds. The van der Waals surface area contributed by atoms with E-state index in [1.54, 1.807) is 53.6 Å². The zero-order valence-corrected chi connectivity index (χ0v) is 11.9. The second-order valence-corrected chi connectivity index (χ2v) is 4.93. The van der Waals surface area contributed by atoms with Crippen LogP contribution in [0.2, 0.25) is 5.02 Å². The fourth-order valence-electron chi connectivity index (χ4n) is 1.97. The maximum absolute atomic E-state index is 12.3. The molecular weight excluding hydrogens is 288 g/mol. The normalized spacial score (nSPS) is 10.5. The first-order valence-corrected chi connectivity index (χ1v) is 6.80. The van der Waals surface area contributed by atoms with Crippen molar-refractivity contribution in [3.8, 4) is 5.69 Å². The third-order valence-electron chi connectivity index (χ3n) is 3.06. The van der Waals surface area contributed by atoms with Gasteiger partial charge >= 0.3 is 5.69 Å². The fraction of sp³-hybridized carbons (Fsp3) is 0.0667. The number of rotatable bonds is 4. The third-order valence-corrected chi connectivity index (χ3v) is 3.31. The Hall–Kier alpha value is -2.53. The number of halogens is 1. The van der Waals surface area contributed by atoms with Gasteiger partial charge in [-0.25, -0.2) is 9.47 Å². The highest BCUT2D eigenvalue weighted by Gasteiger charge is 2.05. The monoisotopic (exact) mass is 300 g/mol. The van der Waals surface area contributed by atoms with Crippen LogP contribution in [0.15, 0.2) is 66.0 Å². The Morgan fingerprint density at radius 1 is 1.14 bits per heavy atom. The highest BCUT2D eigenvalue weighted by Crippen LogP contribution is 2.11. The molecule has 6 heteroatoms. The SMILES string of the molecule is O=c1n(NCc2cccnc2)ccn1-c1ccc(Cl)cc1. The molecule has 3 rings (SSSR count). The molecular formula is C15H13ClN4O. The van der Waals surface area contributed by atoms with Gasteiger partial charge in [0.05, 0.1) is 12.2 Å². The second-order valence-electron chi connectivity index (χ2n) is 4.49. The van der Waals surface area contributed by atoms with Gasteiger partial charge in [-0.15, -0.1) is 0 Å². The minimum Gasteiger partial charge on any atom is -0.317 e. The van der Waals surface area contributed by atoms with E-state index in [-0.39, 0.29) is 5.69 Å². The minimum absolute atomic E-state index is 0.166. The van der Waals surface area contributed by atoms with Crippen molar-refractivity contribution < 1.29 is 0 Å². The Labute approximate surface area is 126 Å². The molecule has 5 nitrogen and oxygen atoms in total. The zero-order valence-electron chi connectivity index (χ0n) is 11.1. The molecule has 106 valence electrons. The summed E-state index contributed by atoms with van der Waals surface area (Å²) in [6.45, 7) is 0.526. The number of hydrogen-bond acceptors (Lipinski definition) is 3. The highest BCUT2D eigenvalue weighted by molar-refractivity contribution is 6.30. The molecule has 0 aliphatic heterocycles. The molecule has 1 N–H and O–H groups in total. The van der Waals surface area contributed by atoms with Crippen molar-refractivity contribution >= 4 is 11.6 Å². The summed E-state index contributed by atoms with van der Waals surface area (Å²) in [7, 11) is 0. The summed E-state index contributed by atoms with van der Waals surface area (Å²) in [6.07, 6.45) is 6.87. The summed E-state index contributed by atoms with van der Waals surface area (Å²) in [5.74, 6) is 0. The van der Waals surface area contributed by atoms with E-state index in [1.165, 1.54) is 4.68 Å². The number of aromatic nitrogens is 3. The van der Waals surface area contributed by atoms with Crippen molar-refractivity contribution in [2.75, 3.05) is 5.43 Å². The van der Waals surface area contributed by atoms with Gasteiger partial charge in [0.1, 0.15) is 0 Å². The fourth-order valence-corrected chi connectivity index (χ4v) is 2.10. The Morgan fingerprint density at radius 2 is 1.95 bits per heavy atom. The minimum atomic E-state index is -0.166. The molecule has 0 unspecified atom stereocenters. The molecule has 3 aromatic rings. The summed E-state index contributed by atoms with van der Waals surface area (Å²) in [4.78, 5) is 16.3. The van der Waals surface area contributed by atoms with E-state index in [1.807, 2.05) is 12.1 Å². The van der Waals surface area contributed by atoms with Crippen molar-refractivity contribution in [3.05, 3.63) is 82.3 Å². The van der Waals surface area contributed by atoms with E-state index in [9.17, 15) is 4.79 Å². The first-order valence-electron chi connectivity index (χ1n) is 6.43. The van der Waals surface area contributed by atoms with Gasteiger partial charge in [0, 0.05) is 29.8 Å². The molecule has 2 heterocycles. The first kappa shape index (κ1) is 13.5. The lowest BCUT2D eigenvalue weighted by Crippen LogP contribution is -2.29. The van der Waals surface area contributed by atoms with Gasteiger partial charge in [-0.1, -0.05) is 17.7 Å². The summed E-state index contributed by atoms with van der Waals surface area (Å²) in [5.41, 5.74) is 4.66. The number of benzene rings is 1. The molecule has 0 bridgehead atoms. The van der Waals surface area contributed by atoms with E-state index in [4.69, 9.17) is 11.6 Å². The maximum Gasteiger partial charge on any atom is 0.351 e. The average molecular weight is 301 g/mol. The predicted octanol–water partition coefficient (Wildman–Crippen LogP) is 2.43. The van der Waals surface area contributed by atoms with Crippen molar-refractivity contribution in [2.24, 2.45) is 0 Å². The quantitative estimate of drug-likeness (QED) is 0.805. The van der Waals surface area contributed by atoms with Crippen LogP contribution in [0, 0.1) is 0 Å². The lowest BCUT2D eigenvalue weighted by Gasteiger charge is -2.06. The van der Waals surface area contributed by atoms with E-state index in [0.717, 1.165) is 11.3 Å². The van der Waals surface area contributed by atoms with E-state index in [2.05, 4.69) is 10.4 Å². The molecule has 0 saturated heterocycles. The molecule has 0 fully saturated rings. The number of imidazole rings is 1. The lowest BCUT2D eigenvalue weighted by atomic mass is 10.3. The Morgan fingerprint density at radius 3 is 2.67 bits per heavy atom. The lowest BCUT2D eigenvalue weighted by molar-refractivity contribution is 0.780.